The van der Waals surface area contributed by atoms with E-state index < -0.39 is 9.84 Å². The quantitative estimate of drug-likeness (QED) is 0.717. The molecule has 0 aliphatic carbocycles. The van der Waals surface area contributed by atoms with E-state index in [9.17, 15) is 8.42 Å². The van der Waals surface area contributed by atoms with Crippen LogP contribution < -0.4 is 10.1 Å². The van der Waals surface area contributed by atoms with Gasteiger partial charge in [0, 0.05) is 0 Å². The molecule has 0 unspecified atom stereocenters. The predicted molar refractivity (Wildman–Crippen MR) is 109 cm³/mol. The van der Waals surface area contributed by atoms with Crippen LogP contribution in [0.25, 0.3) is 0 Å². The highest BCUT2D eigenvalue weighted by atomic mass is 32.2. The molecule has 1 aliphatic rings. The van der Waals surface area contributed by atoms with Crippen LogP contribution in [0.2, 0.25) is 0 Å². The molecule has 1 aliphatic heterocycles. The first-order valence-electron chi connectivity index (χ1n) is 9.47. The summed E-state index contributed by atoms with van der Waals surface area (Å²) in [5.74, 6) is 0.545. The minimum atomic E-state index is -3.59. The lowest BCUT2D eigenvalue weighted by atomic mass is 10.0. The van der Waals surface area contributed by atoms with E-state index in [4.69, 9.17) is 4.74 Å². The van der Waals surface area contributed by atoms with Gasteiger partial charge in [-0.05, 0) is 73.0 Å². The third kappa shape index (κ3) is 4.11. The maximum Gasteiger partial charge on any atom is 0.206 e. The highest BCUT2D eigenvalue weighted by Crippen LogP contribution is 2.27. The monoisotopic (exact) mass is 393 g/mol. The summed E-state index contributed by atoms with van der Waals surface area (Å²) in [5.41, 5.74) is 3.38. The van der Waals surface area contributed by atoms with Gasteiger partial charge in [0.15, 0.2) is 0 Å². The van der Waals surface area contributed by atoms with Crippen LogP contribution in [-0.4, -0.2) is 21.5 Å². The second-order valence-electron chi connectivity index (χ2n) is 6.93. The van der Waals surface area contributed by atoms with E-state index in [1.54, 1.807) is 30.3 Å². The third-order valence-electron chi connectivity index (χ3n) is 4.99. The van der Waals surface area contributed by atoms with Gasteiger partial charge in [0.1, 0.15) is 12.4 Å². The largest absolute Gasteiger partial charge is 0.489 e. The van der Waals surface area contributed by atoms with Gasteiger partial charge in [-0.1, -0.05) is 42.5 Å². The summed E-state index contributed by atoms with van der Waals surface area (Å²) in [7, 11) is -3.59. The number of ether oxygens (including phenoxy) is 1. The van der Waals surface area contributed by atoms with Gasteiger partial charge in [0.2, 0.25) is 9.84 Å². The summed E-state index contributed by atoms with van der Waals surface area (Å²) >= 11 is 0. The molecular weight excluding hydrogens is 370 g/mol. The number of rotatable bonds is 5. The highest BCUT2D eigenvalue weighted by Gasteiger charge is 2.20. The maximum absolute atomic E-state index is 13.2. The minimum Gasteiger partial charge on any atom is -0.489 e. The van der Waals surface area contributed by atoms with Crippen LogP contribution in [0.1, 0.15) is 16.7 Å². The zero-order chi connectivity index (χ0) is 19.4. The van der Waals surface area contributed by atoms with Gasteiger partial charge in [-0.15, -0.1) is 0 Å². The molecule has 1 heterocycles. The molecule has 0 fully saturated rings. The molecule has 0 spiro atoms. The van der Waals surface area contributed by atoms with Crippen molar-refractivity contribution in [1.82, 2.24) is 5.32 Å². The van der Waals surface area contributed by atoms with E-state index >= 15 is 0 Å². The summed E-state index contributed by atoms with van der Waals surface area (Å²) in [6.45, 7) is 2.20. The first-order chi connectivity index (χ1) is 13.6. The van der Waals surface area contributed by atoms with Crippen molar-refractivity contribution in [3.63, 3.8) is 0 Å². The van der Waals surface area contributed by atoms with Gasteiger partial charge < -0.3 is 10.1 Å². The first kappa shape index (κ1) is 18.7. The highest BCUT2D eigenvalue weighted by molar-refractivity contribution is 7.91. The second kappa shape index (κ2) is 8.17. The summed E-state index contributed by atoms with van der Waals surface area (Å²) in [6.07, 6.45) is 1.78. The summed E-state index contributed by atoms with van der Waals surface area (Å²) in [4.78, 5) is 0.595. The molecule has 28 heavy (non-hydrogen) atoms. The normalized spacial score (nSPS) is 14.1. The lowest BCUT2D eigenvalue weighted by Crippen LogP contribution is -2.16. The molecule has 5 heteroatoms. The Kier molecular flexibility index (Phi) is 5.46. The molecule has 3 aromatic carbocycles. The van der Waals surface area contributed by atoms with Gasteiger partial charge in [-0.3, -0.25) is 0 Å². The molecule has 0 saturated heterocycles. The van der Waals surface area contributed by atoms with Crippen molar-refractivity contribution in [3.05, 3.63) is 89.5 Å². The summed E-state index contributed by atoms with van der Waals surface area (Å²) in [6, 6.07) is 22.0. The van der Waals surface area contributed by atoms with Gasteiger partial charge >= 0.3 is 0 Å². The predicted octanol–water partition coefficient (Wildman–Crippen LogP) is 3.79. The topological polar surface area (TPSA) is 55.4 Å². The Morgan fingerprint density at radius 3 is 2.36 bits per heavy atom. The molecule has 4 nitrogen and oxygen atoms in total. The van der Waals surface area contributed by atoms with Crippen molar-refractivity contribution in [1.29, 1.82) is 0 Å². The van der Waals surface area contributed by atoms with Crippen molar-refractivity contribution < 1.29 is 13.2 Å². The van der Waals surface area contributed by atoms with Crippen LogP contribution in [0.5, 0.6) is 5.75 Å². The molecule has 0 saturated carbocycles. The number of fused-ring (bicyclic) bond motifs is 1. The van der Waals surface area contributed by atoms with E-state index in [0.29, 0.717) is 17.3 Å². The SMILES string of the molecule is O=S(=O)(c1cccc(OCc2ccccc2)c1)c1ccc2c(c1)CCNCC2. The summed E-state index contributed by atoms with van der Waals surface area (Å²) in [5, 5.41) is 3.35. The van der Waals surface area contributed by atoms with Crippen molar-refractivity contribution in [2.45, 2.75) is 29.2 Å². The van der Waals surface area contributed by atoms with Gasteiger partial charge in [-0.2, -0.15) is 0 Å². The van der Waals surface area contributed by atoms with Crippen molar-refractivity contribution >= 4 is 9.84 Å². The fraction of sp³-hybridized carbons (Fsp3) is 0.217. The molecule has 0 atom stereocenters. The van der Waals surface area contributed by atoms with Crippen LogP contribution in [0, 0.1) is 0 Å². The zero-order valence-electron chi connectivity index (χ0n) is 15.6. The van der Waals surface area contributed by atoms with Crippen molar-refractivity contribution in [3.8, 4) is 5.75 Å². The Morgan fingerprint density at radius 2 is 1.54 bits per heavy atom. The fourth-order valence-electron chi connectivity index (χ4n) is 3.43. The van der Waals surface area contributed by atoms with Gasteiger partial charge in [0.25, 0.3) is 0 Å². The van der Waals surface area contributed by atoms with Crippen LogP contribution in [0.3, 0.4) is 0 Å². The van der Waals surface area contributed by atoms with E-state index in [2.05, 4.69) is 5.32 Å². The van der Waals surface area contributed by atoms with E-state index in [-0.39, 0.29) is 4.90 Å². The van der Waals surface area contributed by atoms with Gasteiger partial charge in [0.05, 0.1) is 9.79 Å². The van der Waals surface area contributed by atoms with Crippen molar-refractivity contribution in [2.24, 2.45) is 0 Å². The lowest BCUT2D eigenvalue weighted by Gasteiger charge is -2.11. The summed E-state index contributed by atoms with van der Waals surface area (Å²) < 4.78 is 32.1. The molecule has 1 N–H and O–H groups in total. The molecule has 0 amide bonds. The average Bonchev–Trinajstić information content (AvgIpc) is 2.98. The van der Waals surface area contributed by atoms with Gasteiger partial charge in [-0.25, -0.2) is 8.42 Å². The molecule has 4 rings (SSSR count). The van der Waals surface area contributed by atoms with E-state index in [1.165, 1.54) is 5.56 Å². The van der Waals surface area contributed by atoms with Crippen LogP contribution in [-0.2, 0) is 29.3 Å². The molecule has 0 radical (unpaired) electrons. The molecular formula is C23H23NO3S. The molecule has 3 aromatic rings. The number of benzene rings is 3. The fourth-order valence-corrected chi connectivity index (χ4v) is 4.77. The first-order valence-corrected chi connectivity index (χ1v) is 11.0. The lowest BCUT2D eigenvalue weighted by molar-refractivity contribution is 0.305. The Bertz CT molecular complexity index is 1060. The molecule has 144 valence electrons. The van der Waals surface area contributed by atoms with Crippen LogP contribution in [0.4, 0.5) is 0 Å². The number of sulfone groups is 1. The van der Waals surface area contributed by atoms with Crippen LogP contribution >= 0.6 is 0 Å². The Hall–Kier alpha value is -2.63. The van der Waals surface area contributed by atoms with E-state index in [1.807, 2.05) is 42.5 Å². The number of hydrogen-bond donors (Lipinski definition) is 1. The molecule has 0 bridgehead atoms. The standard InChI is InChI=1S/C23H23NO3S/c25-28(26,23-10-9-19-11-13-24-14-12-20(19)15-23)22-8-4-7-21(16-22)27-17-18-5-2-1-3-6-18/h1-10,15-16,24H,11-14,17H2. The Morgan fingerprint density at radius 1 is 0.786 bits per heavy atom. The maximum atomic E-state index is 13.2. The third-order valence-corrected chi connectivity index (χ3v) is 6.74. The van der Waals surface area contributed by atoms with Crippen LogP contribution in [0.15, 0.2) is 82.6 Å². The Balaban J connectivity index is 1.58. The van der Waals surface area contributed by atoms with Crippen molar-refractivity contribution in [2.75, 3.05) is 13.1 Å². The van der Waals surface area contributed by atoms with E-state index in [0.717, 1.165) is 37.1 Å². The Labute approximate surface area is 166 Å². The zero-order valence-corrected chi connectivity index (χ0v) is 16.4. The number of nitrogens with one attached hydrogen (secondary N) is 1. The average molecular weight is 394 g/mol. The second-order valence-corrected chi connectivity index (χ2v) is 8.88. The number of hydrogen-bond acceptors (Lipinski definition) is 4. The smallest absolute Gasteiger partial charge is 0.206 e. The molecule has 0 aromatic heterocycles. The minimum absolute atomic E-state index is 0.254.